The number of rotatable bonds is 5. The van der Waals surface area contributed by atoms with Crippen molar-refractivity contribution in [1.29, 1.82) is 0 Å². The van der Waals surface area contributed by atoms with Crippen molar-refractivity contribution in [2.45, 2.75) is 58.5 Å². The van der Waals surface area contributed by atoms with Gasteiger partial charge in [0.25, 0.3) is 0 Å². The summed E-state index contributed by atoms with van der Waals surface area (Å²) in [5.41, 5.74) is 6.56. The smallest absolute Gasteiger partial charge is 0.154 e. The molecule has 0 bridgehead atoms. The molecule has 178 valence electrons. The summed E-state index contributed by atoms with van der Waals surface area (Å²) in [6, 6.07) is 12.8. The fraction of sp³-hybridized carbons (Fsp3) is 0.464. The second-order valence-corrected chi connectivity index (χ2v) is 10.2. The van der Waals surface area contributed by atoms with Gasteiger partial charge in [-0.1, -0.05) is 35.9 Å². The summed E-state index contributed by atoms with van der Waals surface area (Å²) in [5, 5.41) is 19.7. The number of hydrogen-bond donors (Lipinski definition) is 1. The Bertz CT molecular complexity index is 1130. The minimum absolute atomic E-state index is 0.836. The zero-order chi connectivity index (χ0) is 23.7. The summed E-state index contributed by atoms with van der Waals surface area (Å²) in [5.74, 6) is 2.06. The van der Waals surface area contributed by atoms with Gasteiger partial charge in [0.15, 0.2) is 5.82 Å². The summed E-state index contributed by atoms with van der Waals surface area (Å²) in [6.07, 6.45) is 7.32. The molecule has 0 atom stereocenters. The van der Waals surface area contributed by atoms with Crippen LogP contribution in [-0.2, 0) is 24.9 Å². The Labute approximate surface area is 202 Å². The number of aliphatic hydroxyl groups is 1. The van der Waals surface area contributed by atoms with Crippen molar-refractivity contribution >= 4 is 11.6 Å². The fourth-order valence-electron chi connectivity index (χ4n) is 5.08. The Morgan fingerprint density at radius 1 is 0.853 bits per heavy atom. The molecule has 2 aromatic heterocycles. The SMILES string of the molecule is Cc1ccc(Cc2nnc(N3CCN(c4ccc(C(C)(C)O)cn4)CC3)c3c2CCCC3)cc1. The molecule has 1 saturated heterocycles. The van der Waals surface area contributed by atoms with E-state index in [4.69, 9.17) is 10.2 Å². The van der Waals surface area contributed by atoms with Gasteiger partial charge in [0.2, 0.25) is 0 Å². The number of pyridine rings is 1. The number of benzene rings is 1. The van der Waals surface area contributed by atoms with Gasteiger partial charge in [-0.05, 0) is 63.6 Å². The highest BCUT2D eigenvalue weighted by Gasteiger charge is 2.26. The first-order valence-electron chi connectivity index (χ1n) is 12.5. The van der Waals surface area contributed by atoms with Crippen LogP contribution in [0.2, 0.25) is 0 Å². The first kappa shape index (κ1) is 22.8. The molecule has 1 fully saturated rings. The molecule has 3 aromatic rings. The zero-order valence-corrected chi connectivity index (χ0v) is 20.6. The number of fused-ring (bicyclic) bond motifs is 1. The molecule has 34 heavy (non-hydrogen) atoms. The van der Waals surface area contributed by atoms with E-state index in [1.807, 2.05) is 12.1 Å². The highest BCUT2D eigenvalue weighted by molar-refractivity contribution is 5.54. The van der Waals surface area contributed by atoms with Crippen LogP contribution in [-0.4, -0.2) is 46.5 Å². The molecule has 0 spiro atoms. The van der Waals surface area contributed by atoms with E-state index in [-0.39, 0.29) is 0 Å². The average Bonchev–Trinajstić information content (AvgIpc) is 2.85. The fourth-order valence-corrected chi connectivity index (χ4v) is 5.08. The lowest BCUT2D eigenvalue weighted by Crippen LogP contribution is -2.47. The quantitative estimate of drug-likeness (QED) is 0.619. The van der Waals surface area contributed by atoms with E-state index in [9.17, 15) is 5.11 Å². The summed E-state index contributed by atoms with van der Waals surface area (Å²) in [4.78, 5) is 9.34. The van der Waals surface area contributed by atoms with Gasteiger partial charge in [-0.2, -0.15) is 5.10 Å². The largest absolute Gasteiger partial charge is 0.386 e. The number of aryl methyl sites for hydroxylation is 1. The van der Waals surface area contributed by atoms with Crippen LogP contribution in [0.3, 0.4) is 0 Å². The summed E-state index contributed by atoms with van der Waals surface area (Å²) >= 11 is 0. The Morgan fingerprint density at radius 2 is 1.53 bits per heavy atom. The van der Waals surface area contributed by atoms with Gasteiger partial charge in [-0.25, -0.2) is 4.98 Å². The molecule has 0 unspecified atom stereocenters. The van der Waals surface area contributed by atoms with Crippen LogP contribution in [0.25, 0.3) is 0 Å². The Balaban J connectivity index is 1.31. The first-order valence-corrected chi connectivity index (χ1v) is 12.5. The monoisotopic (exact) mass is 457 g/mol. The normalized spacial score (nSPS) is 16.5. The van der Waals surface area contributed by atoms with Crippen molar-refractivity contribution in [2.75, 3.05) is 36.0 Å². The van der Waals surface area contributed by atoms with Crippen LogP contribution >= 0.6 is 0 Å². The minimum Gasteiger partial charge on any atom is -0.386 e. The van der Waals surface area contributed by atoms with Gasteiger partial charge >= 0.3 is 0 Å². The van der Waals surface area contributed by atoms with Gasteiger partial charge in [-0.3, -0.25) is 0 Å². The highest BCUT2D eigenvalue weighted by atomic mass is 16.3. The van der Waals surface area contributed by atoms with Crippen molar-refractivity contribution in [3.63, 3.8) is 0 Å². The molecule has 1 N–H and O–H groups in total. The second kappa shape index (κ2) is 9.34. The lowest BCUT2D eigenvalue weighted by Gasteiger charge is -2.37. The summed E-state index contributed by atoms with van der Waals surface area (Å²) < 4.78 is 0. The van der Waals surface area contributed by atoms with Crippen LogP contribution in [0, 0.1) is 6.92 Å². The Kier molecular flexibility index (Phi) is 6.26. The molecule has 0 radical (unpaired) electrons. The van der Waals surface area contributed by atoms with Crippen molar-refractivity contribution in [1.82, 2.24) is 15.2 Å². The van der Waals surface area contributed by atoms with Crippen molar-refractivity contribution < 1.29 is 5.11 Å². The van der Waals surface area contributed by atoms with E-state index in [0.29, 0.717) is 0 Å². The number of hydrogen-bond acceptors (Lipinski definition) is 6. The lowest BCUT2D eigenvalue weighted by molar-refractivity contribution is 0.0782. The number of anilines is 2. The topological polar surface area (TPSA) is 65.4 Å². The van der Waals surface area contributed by atoms with E-state index >= 15 is 0 Å². The lowest BCUT2D eigenvalue weighted by atomic mass is 9.89. The van der Waals surface area contributed by atoms with E-state index in [1.165, 1.54) is 35.1 Å². The van der Waals surface area contributed by atoms with Gasteiger partial charge in [0.05, 0.1) is 11.3 Å². The standard InChI is InChI=1S/C28H35N5O/c1-20-8-10-21(11-9-20)18-25-23-6-4-5-7-24(23)27(31-30-25)33-16-14-32(15-17-33)26-13-12-22(19-29-26)28(2,3)34/h8-13,19,34H,4-7,14-18H2,1-3H3. The molecule has 0 amide bonds. The van der Waals surface area contributed by atoms with Crippen LogP contribution in [0.1, 0.15) is 60.2 Å². The predicted octanol–water partition coefficient (Wildman–Crippen LogP) is 4.20. The third-order valence-electron chi connectivity index (χ3n) is 7.20. The summed E-state index contributed by atoms with van der Waals surface area (Å²) in [6.45, 7) is 9.32. The maximum atomic E-state index is 10.2. The molecule has 1 aliphatic heterocycles. The first-order chi connectivity index (χ1) is 16.4. The number of aromatic nitrogens is 3. The molecule has 6 nitrogen and oxygen atoms in total. The molecule has 6 heteroatoms. The number of nitrogens with zero attached hydrogens (tertiary/aromatic N) is 5. The van der Waals surface area contributed by atoms with Crippen molar-refractivity contribution in [3.05, 3.63) is 76.1 Å². The zero-order valence-electron chi connectivity index (χ0n) is 20.6. The van der Waals surface area contributed by atoms with Gasteiger partial charge in [0.1, 0.15) is 5.82 Å². The van der Waals surface area contributed by atoms with Crippen molar-refractivity contribution in [2.24, 2.45) is 0 Å². The minimum atomic E-state index is -0.867. The molecule has 1 aliphatic carbocycles. The molecular formula is C28H35N5O. The molecular weight excluding hydrogens is 422 g/mol. The van der Waals surface area contributed by atoms with E-state index in [0.717, 1.165) is 68.3 Å². The maximum absolute atomic E-state index is 10.2. The molecule has 3 heterocycles. The van der Waals surface area contributed by atoms with Gasteiger partial charge in [0, 0.05) is 49.9 Å². The molecule has 0 saturated carbocycles. The second-order valence-electron chi connectivity index (χ2n) is 10.2. The van der Waals surface area contributed by atoms with Crippen LogP contribution in [0.5, 0.6) is 0 Å². The summed E-state index contributed by atoms with van der Waals surface area (Å²) in [7, 11) is 0. The Hall–Kier alpha value is -2.99. The third-order valence-corrected chi connectivity index (χ3v) is 7.20. The third kappa shape index (κ3) is 4.78. The van der Waals surface area contributed by atoms with Crippen LogP contribution < -0.4 is 9.80 Å². The maximum Gasteiger partial charge on any atom is 0.154 e. The predicted molar refractivity (Wildman–Crippen MR) is 137 cm³/mol. The molecule has 5 rings (SSSR count). The van der Waals surface area contributed by atoms with Crippen LogP contribution in [0.15, 0.2) is 42.6 Å². The van der Waals surface area contributed by atoms with Crippen LogP contribution in [0.4, 0.5) is 11.6 Å². The average molecular weight is 458 g/mol. The van der Waals surface area contributed by atoms with Crippen molar-refractivity contribution in [3.8, 4) is 0 Å². The Morgan fingerprint density at radius 3 is 2.18 bits per heavy atom. The van der Waals surface area contributed by atoms with Gasteiger partial charge in [-0.15, -0.1) is 5.10 Å². The van der Waals surface area contributed by atoms with Gasteiger partial charge < -0.3 is 14.9 Å². The molecule has 1 aromatic carbocycles. The highest BCUT2D eigenvalue weighted by Crippen LogP contribution is 2.32. The molecule has 2 aliphatic rings. The number of piperazine rings is 1. The van der Waals surface area contributed by atoms with E-state index in [2.05, 4.69) is 46.0 Å². The van der Waals surface area contributed by atoms with E-state index in [1.54, 1.807) is 20.0 Å². The van der Waals surface area contributed by atoms with E-state index < -0.39 is 5.60 Å².